The van der Waals surface area contributed by atoms with Crippen LogP contribution in [0, 0.1) is 6.92 Å². The minimum Gasteiger partial charge on any atom is -0.305 e. The summed E-state index contributed by atoms with van der Waals surface area (Å²) in [6.07, 6.45) is 0. The van der Waals surface area contributed by atoms with Crippen LogP contribution in [0.2, 0.25) is 5.02 Å². The molecule has 0 aliphatic carbocycles. The number of urea groups is 1. The highest BCUT2D eigenvalue weighted by Crippen LogP contribution is 2.35. The number of hydrogen-bond acceptors (Lipinski definition) is 3. The van der Waals surface area contributed by atoms with Crippen molar-refractivity contribution in [3.8, 4) is 0 Å². The summed E-state index contributed by atoms with van der Waals surface area (Å²) in [4.78, 5) is 12.3. The lowest BCUT2D eigenvalue weighted by atomic mass is 10.2. The first-order valence-corrected chi connectivity index (χ1v) is 7.94. The zero-order valence-electron chi connectivity index (χ0n) is 11.0. The molecule has 7 heteroatoms. The molecule has 2 aromatic rings. The molecule has 2 aromatic carbocycles. The molecule has 0 unspecified atom stereocenters. The third-order valence-electron chi connectivity index (χ3n) is 3.22. The van der Waals surface area contributed by atoms with Crippen molar-refractivity contribution >= 4 is 39.0 Å². The summed E-state index contributed by atoms with van der Waals surface area (Å²) >= 11 is 5.92. The van der Waals surface area contributed by atoms with E-state index in [1.165, 1.54) is 12.1 Å². The molecule has 1 heterocycles. The fourth-order valence-corrected chi connectivity index (χ4v) is 3.94. The maximum Gasteiger partial charge on any atom is 0.340 e. The first kappa shape index (κ1) is 13.9. The van der Waals surface area contributed by atoms with Crippen LogP contribution < -0.4 is 9.62 Å². The molecule has 0 saturated carbocycles. The van der Waals surface area contributed by atoms with Gasteiger partial charge in [0.2, 0.25) is 0 Å². The van der Waals surface area contributed by atoms with Crippen molar-refractivity contribution in [2.24, 2.45) is 0 Å². The maximum atomic E-state index is 12.7. The second-order valence-corrected chi connectivity index (χ2v) is 6.82. The van der Waals surface area contributed by atoms with E-state index < -0.39 is 16.1 Å². The average Bonchev–Trinajstić information content (AvgIpc) is 2.42. The quantitative estimate of drug-likeness (QED) is 0.875. The van der Waals surface area contributed by atoms with Gasteiger partial charge in [0, 0.05) is 5.02 Å². The average molecular weight is 323 g/mol. The molecule has 0 bridgehead atoms. The summed E-state index contributed by atoms with van der Waals surface area (Å²) in [6, 6.07) is 10.3. The van der Waals surface area contributed by atoms with Crippen molar-refractivity contribution in [3.05, 3.63) is 53.1 Å². The van der Waals surface area contributed by atoms with Gasteiger partial charge in [-0.15, -0.1) is 0 Å². The molecule has 2 amide bonds. The Morgan fingerprint density at radius 3 is 2.62 bits per heavy atom. The molecular weight excluding hydrogens is 312 g/mol. The number of hydrogen-bond donors (Lipinski definition) is 1. The molecule has 0 aromatic heterocycles. The van der Waals surface area contributed by atoms with E-state index in [0.717, 1.165) is 4.31 Å². The largest absolute Gasteiger partial charge is 0.340 e. The van der Waals surface area contributed by atoms with Gasteiger partial charge in [0.25, 0.3) is 10.0 Å². The Morgan fingerprint density at radius 2 is 1.86 bits per heavy atom. The second-order valence-electron chi connectivity index (χ2n) is 4.63. The van der Waals surface area contributed by atoms with Crippen LogP contribution in [0.3, 0.4) is 0 Å². The molecule has 0 atom stereocenters. The van der Waals surface area contributed by atoms with E-state index >= 15 is 0 Å². The molecule has 0 saturated heterocycles. The number of nitrogens with zero attached hydrogens (tertiary/aromatic N) is 1. The smallest absolute Gasteiger partial charge is 0.305 e. The molecule has 108 valence electrons. The number of carbonyl (C=O) groups is 1. The molecule has 0 fully saturated rings. The summed E-state index contributed by atoms with van der Waals surface area (Å²) < 4.78 is 26.1. The molecule has 21 heavy (non-hydrogen) atoms. The first-order valence-electron chi connectivity index (χ1n) is 6.13. The zero-order chi connectivity index (χ0) is 15.2. The van der Waals surface area contributed by atoms with Crippen molar-refractivity contribution in [2.75, 3.05) is 9.62 Å². The number of halogens is 1. The van der Waals surface area contributed by atoms with Crippen LogP contribution in [0.1, 0.15) is 5.56 Å². The number of fused-ring (bicyclic) bond motifs is 1. The molecule has 1 aliphatic rings. The number of anilines is 2. The normalized spacial score (nSPS) is 16.3. The highest BCUT2D eigenvalue weighted by molar-refractivity contribution is 7.94. The van der Waals surface area contributed by atoms with Gasteiger partial charge in [-0.2, -0.15) is 4.31 Å². The van der Waals surface area contributed by atoms with Gasteiger partial charge >= 0.3 is 6.03 Å². The van der Waals surface area contributed by atoms with E-state index in [2.05, 4.69) is 5.32 Å². The molecule has 3 rings (SSSR count). The highest BCUT2D eigenvalue weighted by atomic mass is 35.5. The van der Waals surface area contributed by atoms with Crippen LogP contribution >= 0.6 is 11.6 Å². The fraction of sp³-hybridized carbons (Fsp3) is 0.0714. The summed E-state index contributed by atoms with van der Waals surface area (Å²) in [6.45, 7) is 1.72. The number of sulfonamides is 1. The van der Waals surface area contributed by atoms with Crippen molar-refractivity contribution in [1.29, 1.82) is 0 Å². The lowest BCUT2D eigenvalue weighted by Crippen LogP contribution is -2.44. The van der Waals surface area contributed by atoms with Gasteiger partial charge in [0.15, 0.2) is 0 Å². The van der Waals surface area contributed by atoms with Crippen molar-refractivity contribution < 1.29 is 13.2 Å². The molecule has 5 nitrogen and oxygen atoms in total. The number of amides is 2. The van der Waals surface area contributed by atoms with Gasteiger partial charge in [0.1, 0.15) is 4.90 Å². The Hall–Kier alpha value is -2.05. The summed E-state index contributed by atoms with van der Waals surface area (Å²) in [5, 5.41) is 2.93. The molecular formula is C14H11ClN2O3S. The van der Waals surface area contributed by atoms with E-state index in [1.807, 2.05) is 0 Å². The van der Waals surface area contributed by atoms with Gasteiger partial charge in [0.05, 0.1) is 11.4 Å². The topological polar surface area (TPSA) is 66.5 Å². The second kappa shape index (κ2) is 4.75. The van der Waals surface area contributed by atoms with Gasteiger partial charge in [-0.25, -0.2) is 13.2 Å². The zero-order valence-corrected chi connectivity index (χ0v) is 12.6. The number of nitrogens with one attached hydrogen (secondary N) is 1. The summed E-state index contributed by atoms with van der Waals surface area (Å²) in [5.41, 5.74) is 1.16. The van der Waals surface area contributed by atoms with Crippen LogP contribution in [0.25, 0.3) is 0 Å². The van der Waals surface area contributed by atoms with Crippen molar-refractivity contribution in [3.63, 3.8) is 0 Å². The minimum absolute atomic E-state index is 0.0592. The number of rotatable bonds is 1. The van der Waals surface area contributed by atoms with Gasteiger partial charge in [-0.1, -0.05) is 29.8 Å². The highest BCUT2D eigenvalue weighted by Gasteiger charge is 2.38. The lowest BCUT2D eigenvalue weighted by Gasteiger charge is -2.29. The molecule has 1 N–H and O–H groups in total. The Labute approximate surface area is 127 Å². The summed E-state index contributed by atoms with van der Waals surface area (Å²) in [7, 11) is -3.96. The Kier molecular flexibility index (Phi) is 3.15. The predicted octanol–water partition coefficient (Wildman–Crippen LogP) is 3.39. The monoisotopic (exact) mass is 322 g/mol. The van der Waals surface area contributed by atoms with E-state index in [4.69, 9.17) is 11.6 Å². The van der Waals surface area contributed by atoms with E-state index in [9.17, 15) is 13.2 Å². The maximum absolute atomic E-state index is 12.7. The summed E-state index contributed by atoms with van der Waals surface area (Å²) in [5.74, 6) is 0. The van der Waals surface area contributed by atoms with Crippen LogP contribution in [-0.4, -0.2) is 14.4 Å². The van der Waals surface area contributed by atoms with Crippen molar-refractivity contribution in [1.82, 2.24) is 0 Å². The molecule has 1 aliphatic heterocycles. The minimum atomic E-state index is -3.96. The number of para-hydroxylation sites is 1. The number of carbonyl (C=O) groups excluding carboxylic acids is 1. The Bertz CT molecular complexity index is 849. The van der Waals surface area contributed by atoms with Crippen LogP contribution in [0.15, 0.2) is 47.4 Å². The number of benzene rings is 2. The first-order chi connectivity index (χ1) is 9.91. The van der Waals surface area contributed by atoms with Crippen molar-refractivity contribution in [2.45, 2.75) is 11.8 Å². The standard InChI is InChI=1S/C14H11ClN2O3S/c1-9-6-7-10(15)8-12(9)17-14(18)16-11-4-2-3-5-13(11)21(17,19)20/h2-8H,1H3,(H,16,18). The Morgan fingerprint density at radius 1 is 1.14 bits per heavy atom. The van der Waals surface area contributed by atoms with E-state index in [-0.39, 0.29) is 16.3 Å². The lowest BCUT2D eigenvalue weighted by molar-refractivity contribution is 0.259. The van der Waals surface area contributed by atoms with Gasteiger partial charge < -0.3 is 5.32 Å². The van der Waals surface area contributed by atoms with E-state index in [1.54, 1.807) is 37.3 Å². The molecule has 0 spiro atoms. The van der Waals surface area contributed by atoms with Gasteiger partial charge in [-0.05, 0) is 36.8 Å². The molecule has 0 radical (unpaired) electrons. The third-order valence-corrected chi connectivity index (χ3v) is 5.21. The van der Waals surface area contributed by atoms with Gasteiger partial charge in [-0.3, -0.25) is 0 Å². The SMILES string of the molecule is Cc1ccc(Cl)cc1N1C(=O)Nc2ccccc2S1(=O)=O. The Balaban J connectivity index is 2.25. The van der Waals surface area contributed by atoms with Crippen LogP contribution in [0.5, 0.6) is 0 Å². The predicted molar refractivity (Wildman–Crippen MR) is 81.3 cm³/mol. The van der Waals surface area contributed by atoms with Crippen LogP contribution in [0.4, 0.5) is 16.2 Å². The number of aryl methyl sites for hydroxylation is 1. The van der Waals surface area contributed by atoms with E-state index in [0.29, 0.717) is 10.6 Å². The van der Waals surface area contributed by atoms with Crippen LogP contribution in [-0.2, 0) is 10.0 Å². The third kappa shape index (κ3) is 2.16. The fourth-order valence-electron chi connectivity index (χ4n) is 2.21.